The average molecular weight is 546 g/mol. The Morgan fingerprint density at radius 2 is 1.34 bits per heavy atom. The van der Waals surface area contributed by atoms with Gasteiger partial charge in [0.1, 0.15) is 6.04 Å². The van der Waals surface area contributed by atoms with Crippen LogP contribution in [0.1, 0.15) is 79.6 Å². The van der Waals surface area contributed by atoms with Gasteiger partial charge >= 0.3 is 5.97 Å². The molecule has 0 aliphatic rings. The quantitative estimate of drug-likeness (QED) is 0.159. The molecule has 4 unspecified atom stereocenters. The van der Waals surface area contributed by atoms with Crippen LogP contribution in [0.2, 0.25) is 0 Å². The van der Waals surface area contributed by atoms with Crippen LogP contribution in [0.25, 0.3) is 0 Å². The summed E-state index contributed by atoms with van der Waals surface area (Å²) in [5, 5.41) is 41.1. The Bertz CT molecular complexity index is 761. The van der Waals surface area contributed by atoms with Crippen molar-refractivity contribution in [1.29, 1.82) is 0 Å². The van der Waals surface area contributed by atoms with Crippen LogP contribution in [0.15, 0.2) is 0 Å². The standard InChI is InChI=1S/C27H51N3O8/c1-16(12-13-19(4)32)14-21(22(33)15-23(34)27(37)38)29(7)26(36)24(17(2)10-9-11-18(3)31)30(8)25(35)20(5)28-6/h16-21,23-24,28,31-32,34H,9-15H2,1-8H3,(H,37,38)/t16?,17-,18?,19?,20-,21-,23?,24-/m0/s1. The smallest absolute Gasteiger partial charge is 0.332 e. The van der Waals surface area contributed by atoms with Crippen molar-refractivity contribution in [3.05, 3.63) is 0 Å². The molecule has 0 rings (SSSR count). The summed E-state index contributed by atoms with van der Waals surface area (Å²) in [5.74, 6) is -3.24. The zero-order valence-electron chi connectivity index (χ0n) is 24.4. The van der Waals surface area contributed by atoms with Gasteiger partial charge in [-0.15, -0.1) is 0 Å². The molecule has 0 aliphatic carbocycles. The molecule has 0 bridgehead atoms. The highest BCUT2D eigenvalue weighted by molar-refractivity contribution is 5.95. The molecule has 0 aromatic carbocycles. The van der Waals surface area contributed by atoms with Crippen LogP contribution in [-0.2, 0) is 19.2 Å². The van der Waals surface area contributed by atoms with Crippen molar-refractivity contribution in [1.82, 2.24) is 15.1 Å². The second-order valence-corrected chi connectivity index (χ2v) is 10.9. The number of carbonyl (C=O) groups is 4. The fourth-order valence-electron chi connectivity index (χ4n) is 4.56. The lowest BCUT2D eigenvalue weighted by molar-refractivity contribution is -0.152. The number of Topliss-reactive ketones (excluding diaryl/α,β-unsaturated/α-hetero) is 1. The molecule has 0 radical (unpaired) electrons. The first-order valence-electron chi connectivity index (χ1n) is 13.5. The number of nitrogens with one attached hydrogen (secondary N) is 1. The van der Waals surface area contributed by atoms with E-state index in [9.17, 15) is 34.5 Å². The molecule has 0 saturated heterocycles. The molecule has 0 saturated carbocycles. The number of amides is 2. The molecular weight excluding hydrogens is 494 g/mol. The number of rotatable bonds is 19. The van der Waals surface area contributed by atoms with E-state index < -0.39 is 60.5 Å². The summed E-state index contributed by atoms with van der Waals surface area (Å²) in [6.45, 7) is 8.77. The minimum absolute atomic E-state index is 0.0821. The monoisotopic (exact) mass is 545 g/mol. The van der Waals surface area contributed by atoms with Crippen molar-refractivity contribution in [3.63, 3.8) is 0 Å². The van der Waals surface area contributed by atoms with Gasteiger partial charge in [-0.05, 0) is 71.8 Å². The Balaban J connectivity index is 6.17. The molecule has 38 heavy (non-hydrogen) atoms. The lowest BCUT2D eigenvalue weighted by atomic mass is 9.89. The number of hydrogen-bond acceptors (Lipinski definition) is 8. The Morgan fingerprint density at radius 1 is 0.789 bits per heavy atom. The fourth-order valence-corrected chi connectivity index (χ4v) is 4.56. The maximum atomic E-state index is 13.9. The SMILES string of the molecule is CN[C@@H](C)C(=O)N(C)[C@H](C(=O)N(C)[C@@H](CC(C)CCC(C)O)C(=O)CC(O)C(=O)O)[C@@H](C)CCCC(C)O. The lowest BCUT2D eigenvalue weighted by Gasteiger charge is -2.38. The summed E-state index contributed by atoms with van der Waals surface area (Å²) >= 11 is 0. The molecule has 0 aliphatic heterocycles. The van der Waals surface area contributed by atoms with Crippen LogP contribution in [-0.4, -0.2) is 111 Å². The molecule has 222 valence electrons. The summed E-state index contributed by atoms with van der Waals surface area (Å²) in [4.78, 5) is 54.0. The normalized spacial score (nSPS) is 17.9. The van der Waals surface area contributed by atoms with Crippen molar-refractivity contribution in [3.8, 4) is 0 Å². The van der Waals surface area contributed by atoms with E-state index in [4.69, 9.17) is 5.11 Å². The van der Waals surface area contributed by atoms with Crippen LogP contribution < -0.4 is 5.32 Å². The number of nitrogens with zero attached hydrogens (tertiary/aromatic N) is 2. The number of likely N-dealkylation sites (N-methyl/N-ethyl adjacent to an activating group) is 3. The number of hydrogen-bond donors (Lipinski definition) is 5. The van der Waals surface area contributed by atoms with Crippen molar-refractivity contribution in [2.75, 3.05) is 21.1 Å². The lowest BCUT2D eigenvalue weighted by Crippen LogP contribution is -2.57. The van der Waals surface area contributed by atoms with E-state index in [0.717, 1.165) is 0 Å². The highest BCUT2D eigenvalue weighted by Gasteiger charge is 2.39. The Hall–Kier alpha value is -2.08. The number of carboxylic acid groups (broad SMARTS) is 1. The zero-order chi connectivity index (χ0) is 29.7. The van der Waals surface area contributed by atoms with Gasteiger partial charge in [0.15, 0.2) is 11.9 Å². The van der Waals surface area contributed by atoms with Crippen LogP contribution in [0.4, 0.5) is 0 Å². The van der Waals surface area contributed by atoms with Crippen LogP contribution in [0, 0.1) is 11.8 Å². The van der Waals surface area contributed by atoms with Gasteiger partial charge in [0.2, 0.25) is 11.8 Å². The van der Waals surface area contributed by atoms with Crippen LogP contribution >= 0.6 is 0 Å². The molecule has 0 fully saturated rings. The summed E-state index contributed by atoms with van der Waals surface area (Å²) in [7, 11) is 4.66. The first-order chi connectivity index (χ1) is 17.5. The molecule has 5 N–H and O–H groups in total. The molecule has 0 heterocycles. The maximum absolute atomic E-state index is 13.9. The predicted octanol–water partition coefficient (Wildman–Crippen LogP) is 1.03. The summed E-state index contributed by atoms with van der Waals surface area (Å²) in [6, 6.07) is -2.46. The first-order valence-corrected chi connectivity index (χ1v) is 13.5. The van der Waals surface area contributed by atoms with Gasteiger partial charge in [0, 0.05) is 20.5 Å². The van der Waals surface area contributed by atoms with Gasteiger partial charge in [0.25, 0.3) is 0 Å². The Labute approximate surface area is 227 Å². The minimum Gasteiger partial charge on any atom is -0.479 e. The maximum Gasteiger partial charge on any atom is 0.332 e. The van der Waals surface area contributed by atoms with E-state index in [2.05, 4.69) is 5.32 Å². The van der Waals surface area contributed by atoms with E-state index in [0.29, 0.717) is 32.1 Å². The first kappa shape index (κ1) is 35.9. The number of carboxylic acids is 1. The third-order valence-electron chi connectivity index (χ3n) is 7.21. The Morgan fingerprint density at radius 3 is 1.82 bits per heavy atom. The van der Waals surface area contributed by atoms with Crippen molar-refractivity contribution in [2.24, 2.45) is 11.8 Å². The Kier molecular flexibility index (Phi) is 16.5. The molecule has 0 spiro atoms. The number of ketones is 1. The summed E-state index contributed by atoms with van der Waals surface area (Å²) in [6.07, 6.45) is -0.524. The third kappa shape index (κ3) is 12.2. The van der Waals surface area contributed by atoms with Crippen LogP contribution in [0.5, 0.6) is 0 Å². The summed E-state index contributed by atoms with van der Waals surface area (Å²) in [5.41, 5.74) is 0. The molecule has 0 aromatic rings. The molecule has 2 amide bonds. The second kappa shape index (κ2) is 17.5. The van der Waals surface area contributed by atoms with E-state index >= 15 is 0 Å². The number of aliphatic hydroxyl groups excluding tert-OH is 3. The zero-order valence-corrected chi connectivity index (χ0v) is 24.4. The van der Waals surface area contributed by atoms with Crippen LogP contribution in [0.3, 0.4) is 0 Å². The highest BCUT2D eigenvalue weighted by Crippen LogP contribution is 2.24. The molecule has 0 aromatic heterocycles. The molecule has 8 atom stereocenters. The number of aliphatic hydroxyl groups is 3. The predicted molar refractivity (Wildman–Crippen MR) is 144 cm³/mol. The van der Waals surface area contributed by atoms with E-state index in [1.807, 2.05) is 13.8 Å². The highest BCUT2D eigenvalue weighted by atomic mass is 16.4. The number of aliphatic carboxylic acids is 1. The van der Waals surface area contributed by atoms with Gasteiger partial charge in [-0.25, -0.2) is 4.79 Å². The second-order valence-electron chi connectivity index (χ2n) is 10.9. The van der Waals surface area contributed by atoms with Crippen molar-refractivity contribution < 1.29 is 39.6 Å². The van der Waals surface area contributed by atoms with E-state index in [1.165, 1.54) is 16.8 Å². The molecular formula is C27H51N3O8. The van der Waals surface area contributed by atoms with Gasteiger partial charge in [-0.3, -0.25) is 14.4 Å². The summed E-state index contributed by atoms with van der Waals surface area (Å²) < 4.78 is 0. The largest absolute Gasteiger partial charge is 0.479 e. The van der Waals surface area contributed by atoms with Gasteiger partial charge < -0.3 is 35.5 Å². The van der Waals surface area contributed by atoms with Gasteiger partial charge in [0.05, 0.1) is 24.3 Å². The van der Waals surface area contributed by atoms with Crippen molar-refractivity contribution >= 4 is 23.6 Å². The van der Waals surface area contributed by atoms with Gasteiger partial charge in [-0.2, -0.15) is 0 Å². The van der Waals surface area contributed by atoms with E-state index in [-0.39, 0.29) is 24.2 Å². The third-order valence-corrected chi connectivity index (χ3v) is 7.21. The van der Waals surface area contributed by atoms with E-state index in [1.54, 1.807) is 34.9 Å². The fraction of sp³-hybridized carbons (Fsp3) is 0.852. The van der Waals surface area contributed by atoms with Gasteiger partial charge in [-0.1, -0.05) is 20.3 Å². The molecule has 11 nitrogen and oxygen atoms in total. The average Bonchev–Trinajstić information content (AvgIpc) is 2.83. The molecule has 11 heteroatoms. The topological polar surface area (TPSA) is 168 Å². The minimum atomic E-state index is -1.89. The van der Waals surface area contributed by atoms with Crippen molar-refractivity contribution in [2.45, 2.75) is 116 Å². The number of carbonyl (C=O) groups excluding carboxylic acids is 3.